The van der Waals surface area contributed by atoms with Gasteiger partial charge < -0.3 is 5.73 Å². The van der Waals surface area contributed by atoms with Crippen LogP contribution in [-0.2, 0) is 6.42 Å². The lowest BCUT2D eigenvalue weighted by atomic mass is 9.96. The number of nitrogens with two attached hydrogens (primary N) is 1. The van der Waals surface area contributed by atoms with Crippen molar-refractivity contribution in [1.82, 2.24) is 9.38 Å². The van der Waals surface area contributed by atoms with Crippen molar-refractivity contribution in [3.63, 3.8) is 0 Å². The predicted octanol–water partition coefficient (Wildman–Crippen LogP) is 3.57. The summed E-state index contributed by atoms with van der Waals surface area (Å²) in [5, 5.41) is 0. The van der Waals surface area contributed by atoms with Gasteiger partial charge in [0.1, 0.15) is 11.5 Å². The number of nitrogen functional groups attached to an aromatic ring is 1. The minimum atomic E-state index is 0.406. The molecule has 0 bridgehead atoms. The van der Waals surface area contributed by atoms with Crippen LogP contribution in [0.1, 0.15) is 29.8 Å². The Morgan fingerprint density at radius 3 is 2.55 bits per heavy atom. The summed E-state index contributed by atoms with van der Waals surface area (Å²) < 4.78 is 2.02. The van der Waals surface area contributed by atoms with Gasteiger partial charge in [0, 0.05) is 12.1 Å². The molecule has 3 nitrogen and oxygen atoms in total. The lowest BCUT2D eigenvalue weighted by molar-refractivity contribution is 0.747. The minimum absolute atomic E-state index is 0.406. The molecule has 0 saturated carbocycles. The first kappa shape index (κ1) is 12.7. The number of anilines is 1. The highest BCUT2D eigenvalue weighted by Gasteiger charge is 2.14. The van der Waals surface area contributed by atoms with Gasteiger partial charge in [-0.15, -0.1) is 0 Å². The van der Waals surface area contributed by atoms with Gasteiger partial charge in [-0.2, -0.15) is 0 Å². The first-order valence-corrected chi connectivity index (χ1v) is 6.94. The Hall–Kier alpha value is -2.29. The van der Waals surface area contributed by atoms with Crippen LogP contribution in [0, 0.1) is 6.92 Å². The van der Waals surface area contributed by atoms with E-state index in [0.717, 1.165) is 29.3 Å². The van der Waals surface area contributed by atoms with Crippen molar-refractivity contribution < 1.29 is 0 Å². The molecule has 0 spiro atoms. The van der Waals surface area contributed by atoms with Crippen LogP contribution in [0.3, 0.4) is 0 Å². The standard InChI is InChI=1S/C17H19N3/c1-12(14-8-4-3-5-9-14)11-15-17(18)20-13(2)7-6-10-16(20)19-15/h3-10,12H,11,18H2,1-2H3. The van der Waals surface area contributed by atoms with E-state index in [-0.39, 0.29) is 0 Å². The van der Waals surface area contributed by atoms with Gasteiger partial charge in [-0.1, -0.05) is 43.3 Å². The van der Waals surface area contributed by atoms with E-state index >= 15 is 0 Å². The number of pyridine rings is 1. The van der Waals surface area contributed by atoms with Crippen LogP contribution in [-0.4, -0.2) is 9.38 Å². The Morgan fingerprint density at radius 2 is 1.85 bits per heavy atom. The van der Waals surface area contributed by atoms with Gasteiger partial charge in [-0.25, -0.2) is 4.98 Å². The number of benzene rings is 1. The third kappa shape index (κ3) is 2.16. The number of fused-ring (bicyclic) bond motifs is 1. The third-order valence-corrected chi connectivity index (χ3v) is 3.82. The van der Waals surface area contributed by atoms with Gasteiger partial charge in [0.15, 0.2) is 0 Å². The molecule has 3 rings (SSSR count). The zero-order valence-corrected chi connectivity index (χ0v) is 11.9. The fraction of sp³-hybridized carbons (Fsp3) is 0.235. The average molecular weight is 265 g/mol. The Labute approximate surface area is 119 Å². The Balaban J connectivity index is 1.96. The third-order valence-electron chi connectivity index (χ3n) is 3.82. The van der Waals surface area contributed by atoms with Crippen molar-refractivity contribution in [3.8, 4) is 0 Å². The molecular weight excluding hydrogens is 246 g/mol. The lowest BCUT2D eigenvalue weighted by Crippen LogP contribution is -2.03. The van der Waals surface area contributed by atoms with Crippen molar-refractivity contribution in [3.05, 3.63) is 65.5 Å². The molecule has 0 fully saturated rings. The van der Waals surface area contributed by atoms with Gasteiger partial charge in [0.2, 0.25) is 0 Å². The van der Waals surface area contributed by atoms with Crippen LogP contribution < -0.4 is 5.73 Å². The molecule has 1 unspecified atom stereocenters. The molecule has 0 aliphatic rings. The zero-order chi connectivity index (χ0) is 14.1. The second kappa shape index (κ2) is 5.00. The molecule has 3 aromatic rings. The molecule has 0 aliphatic carbocycles. The first-order chi connectivity index (χ1) is 9.66. The van der Waals surface area contributed by atoms with E-state index in [1.54, 1.807) is 0 Å². The molecular formula is C17H19N3. The van der Waals surface area contributed by atoms with Gasteiger partial charge >= 0.3 is 0 Å². The maximum absolute atomic E-state index is 6.27. The number of hydrogen-bond donors (Lipinski definition) is 1. The average Bonchev–Trinajstić information content (AvgIpc) is 2.78. The maximum Gasteiger partial charge on any atom is 0.138 e. The predicted molar refractivity (Wildman–Crippen MR) is 82.9 cm³/mol. The molecule has 3 heteroatoms. The minimum Gasteiger partial charge on any atom is -0.383 e. The molecule has 0 amide bonds. The van der Waals surface area contributed by atoms with E-state index in [1.807, 2.05) is 22.6 Å². The SMILES string of the molecule is Cc1cccc2nc(CC(C)c3ccccc3)c(N)n12. The summed E-state index contributed by atoms with van der Waals surface area (Å²) in [6.45, 7) is 4.26. The molecule has 1 atom stereocenters. The summed E-state index contributed by atoms with van der Waals surface area (Å²) in [6.07, 6.45) is 0.858. The van der Waals surface area contributed by atoms with E-state index in [4.69, 9.17) is 5.73 Å². The molecule has 0 saturated heterocycles. The highest BCUT2D eigenvalue weighted by molar-refractivity contribution is 5.54. The molecule has 0 aliphatic heterocycles. The van der Waals surface area contributed by atoms with E-state index in [9.17, 15) is 0 Å². The molecule has 102 valence electrons. The smallest absolute Gasteiger partial charge is 0.138 e. The summed E-state index contributed by atoms with van der Waals surface area (Å²) in [6, 6.07) is 16.6. The van der Waals surface area contributed by atoms with Gasteiger partial charge in [0.05, 0.1) is 5.69 Å². The van der Waals surface area contributed by atoms with Gasteiger partial charge in [0.25, 0.3) is 0 Å². The lowest BCUT2D eigenvalue weighted by Gasteiger charge is -2.10. The van der Waals surface area contributed by atoms with Crippen LogP contribution in [0.2, 0.25) is 0 Å². The van der Waals surface area contributed by atoms with Crippen LogP contribution in [0.4, 0.5) is 5.82 Å². The van der Waals surface area contributed by atoms with Gasteiger partial charge in [-0.3, -0.25) is 4.40 Å². The van der Waals surface area contributed by atoms with Crippen molar-refractivity contribution in [1.29, 1.82) is 0 Å². The molecule has 2 N–H and O–H groups in total. The number of hydrogen-bond acceptors (Lipinski definition) is 2. The Kier molecular flexibility index (Phi) is 3.18. The highest BCUT2D eigenvalue weighted by Crippen LogP contribution is 2.24. The van der Waals surface area contributed by atoms with E-state index in [0.29, 0.717) is 5.92 Å². The summed E-state index contributed by atoms with van der Waals surface area (Å²) in [5.74, 6) is 1.17. The number of imidazole rings is 1. The second-order valence-electron chi connectivity index (χ2n) is 5.32. The monoisotopic (exact) mass is 265 g/mol. The highest BCUT2D eigenvalue weighted by atomic mass is 15.1. The van der Waals surface area contributed by atoms with Crippen molar-refractivity contribution in [2.24, 2.45) is 0 Å². The second-order valence-corrected chi connectivity index (χ2v) is 5.32. The summed E-state index contributed by atoms with van der Waals surface area (Å²) in [4.78, 5) is 4.68. The molecule has 20 heavy (non-hydrogen) atoms. The van der Waals surface area contributed by atoms with Crippen LogP contribution >= 0.6 is 0 Å². The summed E-state index contributed by atoms with van der Waals surface area (Å²) in [7, 11) is 0. The topological polar surface area (TPSA) is 43.3 Å². The largest absolute Gasteiger partial charge is 0.383 e. The van der Waals surface area contributed by atoms with Crippen LogP contribution in [0.15, 0.2) is 48.5 Å². The van der Waals surface area contributed by atoms with Crippen molar-refractivity contribution in [2.45, 2.75) is 26.2 Å². The fourth-order valence-corrected chi connectivity index (χ4v) is 2.67. The van der Waals surface area contributed by atoms with Crippen LogP contribution in [0.25, 0.3) is 5.65 Å². The Morgan fingerprint density at radius 1 is 1.10 bits per heavy atom. The Bertz CT molecular complexity index is 729. The molecule has 0 radical (unpaired) electrons. The fourth-order valence-electron chi connectivity index (χ4n) is 2.67. The number of rotatable bonds is 3. The maximum atomic E-state index is 6.27. The molecule has 2 heterocycles. The number of aryl methyl sites for hydroxylation is 1. The van der Waals surface area contributed by atoms with Crippen LogP contribution in [0.5, 0.6) is 0 Å². The van der Waals surface area contributed by atoms with E-state index in [2.05, 4.69) is 49.2 Å². The molecule has 1 aromatic carbocycles. The van der Waals surface area contributed by atoms with E-state index in [1.165, 1.54) is 5.56 Å². The quantitative estimate of drug-likeness (QED) is 0.786. The summed E-state index contributed by atoms with van der Waals surface area (Å²) in [5.41, 5.74) is 10.6. The van der Waals surface area contributed by atoms with Gasteiger partial charge in [-0.05, 0) is 30.5 Å². The normalized spacial score (nSPS) is 12.7. The summed E-state index contributed by atoms with van der Waals surface area (Å²) >= 11 is 0. The van der Waals surface area contributed by atoms with Crippen molar-refractivity contribution >= 4 is 11.5 Å². The van der Waals surface area contributed by atoms with E-state index < -0.39 is 0 Å². The first-order valence-electron chi connectivity index (χ1n) is 6.94. The number of aromatic nitrogens is 2. The molecule has 2 aromatic heterocycles. The van der Waals surface area contributed by atoms with Crippen molar-refractivity contribution in [2.75, 3.05) is 5.73 Å². The number of nitrogens with zero attached hydrogens (tertiary/aromatic N) is 2. The zero-order valence-electron chi connectivity index (χ0n) is 11.9.